The normalized spacial score (nSPS) is 14.5. The van der Waals surface area contributed by atoms with E-state index in [9.17, 15) is 9.18 Å². The summed E-state index contributed by atoms with van der Waals surface area (Å²) in [4.78, 5) is 21.5. The van der Waals surface area contributed by atoms with Crippen molar-refractivity contribution < 1.29 is 9.18 Å². The third-order valence-electron chi connectivity index (χ3n) is 5.50. The summed E-state index contributed by atoms with van der Waals surface area (Å²) in [6.45, 7) is 4.66. The lowest BCUT2D eigenvalue weighted by atomic mass is 10.1. The van der Waals surface area contributed by atoms with Crippen molar-refractivity contribution in [3.05, 3.63) is 88.4 Å². The number of benzene rings is 2. The van der Waals surface area contributed by atoms with E-state index in [1.807, 2.05) is 36.7 Å². The number of halogens is 2. The molecule has 5 nitrogen and oxygen atoms in total. The Morgan fingerprint density at radius 2 is 1.77 bits per heavy atom. The second-order valence-electron chi connectivity index (χ2n) is 7.53. The molecule has 31 heavy (non-hydrogen) atoms. The molecule has 1 aromatic heterocycles. The van der Waals surface area contributed by atoms with Crippen LogP contribution < -0.4 is 10.2 Å². The highest BCUT2D eigenvalue weighted by Crippen LogP contribution is 2.28. The fourth-order valence-corrected chi connectivity index (χ4v) is 4.13. The van der Waals surface area contributed by atoms with E-state index in [4.69, 9.17) is 0 Å². The number of para-hydroxylation sites is 2. The Bertz CT molecular complexity index is 1040. The molecule has 0 saturated carbocycles. The summed E-state index contributed by atoms with van der Waals surface area (Å²) < 4.78 is 14.8. The van der Waals surface area contributed by atoms with Gasteiger partial charge in [0.25, 0.3) is 5.91 Å². The van der Waals surface area contributed by atoms with Crippen LogP contribution in [0, 0.1) is 5.82 Å². The molecule has 1 N–H and O–H groups in total. The van der Waals surface area contributed by atoms with Gasteiger partial charge in [-0.2, -0.15) is 0 Å². The number of anilines is 2. The minimum atomic E-state index is -0.541. The molecule has 0 bridgehead atoms. The van der Waals surface area contributed by atoms with Gasteiger partial charge in [-0.05, 0) is 54.4 Å². The molecule has 1 aliphatic rings. The first kappa shape index (κ1) is 21.5. The number of rotatable bonds is 6. The monoisotopic (exact) mass is 482 g/mol. The van der Waals surface area contributed by atoms with Crippen molar-refractivity contribution in [2.24, 2.45) is 0 Å². The number of carbonyl (C=O) groups excluding carboxylic acids is 1. The maximum atomic E-state index is 14.1. The number of pyridine rings is 1. The number of nitrogens with one attached hydrogen (secondary N) is 1. The quantitative estimate of drug-likeness (QED) is 0.557. The number of hydrogen-bond acceptors (Lipinski definition) is 4. The first-order chi connectivity index (χ1) is 15.1. The molecule has 0 radical (unpaired) electrons. The summed E-state index contributed by atoms with van der Waals surface area (Å²) in [5.74, 6) is -0.997. The molecule has 3 aromatic rings. The molecule has 7 heteroatoms. The zero-order chi connectivity index (χ0) is 21.6. The smallest absolute Gasteiger partial charge is 0.258 e. The van der Waals surface area contributed by atoms with Crippen LogP contribution >= 0.6 is 15.9 Å². The third kappa shape index (κ3) is 5.48. The Morgan fingerprint density at radius 3 is 2.55 bits per heavy atom. The SMILES string of the molecule is O=C(Nc1ccccc1N1CCN(CCc2ccncc2)CC1)c1cc(Br)ccc1F. The largest absolute Gasteiger partial charge is 0.367 e. The minimum Gasteiger partial charge on any atom is -0.367 e. The molecule has 0 aliphatic carbocycles. The van der Waals surface area contributed by atoms with E-state index in [2.05, 4.69) is 48.2 Å². The minimum absolute atomic E-state index is 0.0186. The second kappa shape index (κ2) is 10.0. The van der Waals surface area contributed by atoms with Gasteiger partial charge in [0, 0.05) is 49.6 Å². The fourth-order valence-electron chi connectivity index (χ4n) is 3.77. The standard InChI is InChI=1S/C24H24BrFN4O/c25-19-5-6-21(26)20(17-19)24(31)28-22-3-1-2-4-23(22)30-15-13-29(14-16-30)12-9-18-7-10-27-11-8-18/h1-8,10-11,17H,9,12-16H2,(H,28,31). The number of amides is 1. The Balaban J connectivity index is 1.39. The Labute approximate surface area is 190 Å². The van der Waals surface area contributed by atoms with Crippen LogP contribution in [0.3, 0.4) is 0 Å². The summed E-state index contributed by atoms with van der Waals surface area (Å²) in [5.41, 5.74) is 2.97. The van der Waals surface area contributed by atoms with Gasteiger partial charge in [0.2, 0.25) is 0 Å². The molecular formula is C24H24BrFN4O. The summed E-state index contributed by atoms with van der Waals surface area (Å²) >= 11 is 3.30. The van der Waals surface area contributed by atoms with Gasteiger partial charge >= 0.3 is 0 Å². The number of aromatic nitrogens is 1. The van der Waals surface area contributed by atoms with Crippen LogP contribution in [0.5, 0.6) is 0 Å². The Kier molecular flexibility index (Phi) is 6.94. The van der Waals surface area contributed by atoms with Gasteiger partial charge < -0.3 is 10.2 Å². The molecule has 0 unspecified atom stereocenters. The molecule has 4 rings (SSSR count). The number of hydrogen-bond donors (Lipinski definition) is 1. The zero-order valence-electron chi connectivity index (χ0n) is 17.1. The molecule has 0 atom stereocenters. The maximum Gasteiger partial charge on any atom is 0.258 e. The predicted octanol–water partition coefficient (Wildman–Crippen LogP) is 4.60. The molecule has 0 spiro atoms. The fraction of sp³-hybridized carbons (Fsp3) is 0.250. The van der Waals surface area contributed by atoms with E-state index < -0.39 is 11.7 Å². The molecule has 2 aromatic carbocycles. The van der Waals surface area contributed by atoms with Crippen LogP contribution in [0.25, 0.3) is 0 Å². The number of piperazine rings is 1. The second-order valence-corrected chi connectivity index (χ2v) is 8.45. The van der Waals surface area contributed by atoms with Crippen LogP contribution in [-0.4, -0.2) is 48.5 Å². The number of carbonyl (C=O) groups is 1. The van der Waals surface area contributed by atoms with Gasteiger partial charge in [-0.25, -0.2) is 4.39 Å². The van der Waals surface area contributed by atoms with Crippen molar-refractivity contribution in [3.63, 3.8) is 0 Å². The highest BCUT2D eigenvalue weighted by atomic mass is 79.9. The third-order valence-corrected chi connectivity index (χ3v) is 6.00. The van der Waals surface area contributed by atoms with Crippen LogP contribution in [0.2, 0.25) is 0 Å². The molecule has 1 aliphatic heterocycles. The van der Waals surface area contributed by atoms with Crippen molar-refractivity contribution in [1.29, 1.82) is 0 Å². The van der Waals surface area contributed by atoms with Crippen molar-refractivity contribution in [2.75, 3.05) is 42.9 Å². The molecule has 160 valence electrons. The lowest BCUT2D eigenvalue weighted by Crippen LogP contribution is -2.47. The van der Waals surface area contributed by atoms with Gasteiger partial charge in [0.05, 0.1) is 16.9 Å². The lowest BCUT2D eigenvalue weighted by Gasteiger charge is -2.37. The van der Waals surface area contributed by atoms with Crippen molar-refractivity contribution in [1.82, 2.24) is 9.88 Å². The van der Waals surface area contributed by atoms with E-state index in [0.29, 0.717) is 10.2 Å². The van der Waals surface area contributed by atoms with E-state index in [0.717, 1.165) is 44.8 Å². The molecule has 1 amide bonds. The Hall–Kier alpha value is -2.77. The topological polar surface area (TPSA) is 48.5 Å². The summed E-state index contributed by atoms with van der Waals surface area (Å²) in [6, 6.07) is 16.2. The molecule has 1 fully saturated rings. The van der Waals surface area contributed by atoms with Crippen molar-refractivity contribution >= 4 is 33.2 Å². The first-order valence-electron chi connectivity index (χ1n) is 10.3. The Morgan fingerprint density at radius 1 is 1.03 bits per heavy atom. The van der Waals surface area contributed by atoms with Gasteiger partial charge in [0.15, 0.2) is 0 Å². The van der Waals surface area contributed by atoms with Gasteiger partial charge in [-0.1, -0.05) is 28.1 Å². The summed E-state index contributed by atoms with van der Waals surface area (Å²) in [6.07, 6.45) is 4.67. The van der Waals surface area contributed by atoms with Crippen LogP contribution in [0.1, 0.15) is 15.9 Å². The maximum absolute atomic E-state index is 14.1. The van der Waals surface area contributed by atoms with Crippen LogP contribution in [0.15, 0.2) is 71.5 Å². The molecule has 2 heterocycles. The van der Waals surface area contributed by atoms with Crippen molar-refractivity contribution in [2.45, 2.75) is 6.42 Å². The van der Waals surface area contributed by atoms with Crippen LogP contribution in [-0.2, 0) is 6.42 Å². The van der Waals surface area contributed by atoms with Gasteiger partial charge in [-0.3, -0.25) is 14.7 Å². The highest BCUT2D eigenvalue weighted by molar-refractivity contribution is 9.10. The molecule has 1 saturated heterocycles. The van der Waals surface area contributed by atoms with Gasteiger partial charge in [0.1, 0.15) is 5.82 Å². The molecular weight excluding hydrogens is 459 g/mol. The lowest BCUT2D eigenvalue weighted by molar-refractivity contribution is 0.102. The highest BCUT2D eigenvalue weighted by Gasteiger charge is 2.20. The average Bonchev–Trinajstić information content (AvgIpc) is 2.81. The average molecular weight is 483 g/mol. The van der Waals surface area contributed by atoms with E-state index in [-0.39, 0.29) is 5.56 Å². The van der Waals surface area contributed by atoms with E-state index >= 15 is 0 Å². The summed E-state index contributed by atoms with van der Waals surface area (Å²) in [7, 11) is 0. The van der Waals surface area contributed by atoms with Crippen LogP contribution in [0.4, 0.5) is 15.8 Å². The zero-order valence-corrected chi connectivity index (χ0v) is 18.7. The van der Waals surface area contributed by atoms with E-state index in [1.165, 1.54) is 17.7 Å². The van der Waals surface area contributed by atoms with Gasteiger partial charge in [-0.15, -0.1) is 0 Å². The first-order valence-corrected chi connectivity index (χ1v) is 11.1. The summed E-state index contributed by atoms with van der Waals surface area (Å²) in [5, 5.41) is 2.89. The van der Waals surface area contributed by atoms with Crippen molar-refractivity contribution in [3.8, 4) is 0 Å². The predicted molar refractivity (Wildman–Crippen MR) is 125 cm³/mol. The number of nitrogens with zero attached hydrogens (tertiary/aromatic N) is 3. The van der Waals surface area contributed by atoms with E-state index in [1.54, 1.807) is 6.07 Å².